The second-order valence-electron chi connectivity index (χ2n) is 6.32. The van der Waals surface area contributed by atoms with Crippen molar-refractivity contribution in [3.05, 3.63) is 60.2 Å². The zero-order valence-electron chi connectivity index (χ0n) is 16.7. The number of thioether (sulfide) groups is 1. The van der Waals surface area contributed by atoms with Crippen LogP contribution in [0, 0.1) is 0 Å². The summed E-state index contributed by atoms with van der Waals surface area (Å²) in [5, 5.41) is 2.68. The molecule has 0 saturated carbocycles. The fraction of sp³-hybridized carbons (Fsp3) is 0.364. The zero-order valence-corrected chi connectivity index (χ0v) is 17.5. The van der Waals surface area contributed by atoms with Crippen molar-refractivity contribution < 1.29 is 14.3 Å². The Morgan fingerprint density at radius 1 is 1.11 bits per heavy atom. The molecule has 2 aromatic carbocycles. The van der Waals surface area contributed by atoms with Crippen molar-refractivity contribution in [1.29, 1.82) is 0 Å². The summed E-state index contributed by atoms with van der Waals surface area (Å²) in [7, 11) is 3.22. The lowest BCUT2D eigenvalue weighted by Crippen LogP contribution is -2.48. The van der Waals surface area contributed by atoms with Gasteiger partial charge in [-0.05, 0) is 36.2 Å². The van der Waals surface area contributed by atoms with Crippen LogP contribution in [-0.2, 0) is 16.1 Å². The first-order chi connectivity index (χ1) is 13.6. The highest BCUT2D eigenvalue weighted by Crippen LogP contribution is 2.20. The van der Waals surface area contributed by atoms with E-state index in [1.165, 1.54) is 0 Å². The van der Waals surface area contributed by atoms with Crippen molar-refractivity contribution in [3.8, 4) is 5.75 Å². The van der Waals surface area contributed by atoms with Crippen LogP contribution in [-0.4, -0.2) is 42.7 Å². The first-order valence-corrected chi connectivity index (χ1v) is 10.4. The summed E-state index contributed by atoms with van der Waals surface area (Å²) in [4.78, 5) is 28.2. The van der Waals surface area contributed by atoms with Crippen molar-refractivity contribution in [1.82, 2.24) is 10.2 Å². The minimum absolute atomic E-state index is 0.0188. The molecule has 5 nitrogen and oxygen atoms in total. The zero-order chi connectivity index (χ0) is 20.4. The van der Waals surface area contributed by atoms with Gasteiger partial charge in [-0.25, -0.2) is 0 Å². The first kappa shape index (κ1) is 21.8. The van der Waals surface area contributed by atoms with E-state index in [4.69, 9.17) is 4.74 Å². The van der Waals surface area contributed by atoms with Crippen LogP contribution in [0.25, 0.3) is 0 Å². The van der Waals surface area contributed by atoms with Gasteiger partial charge in [0.05, 0.1) is 7.11 Å². The molecule has 0 aliphatic carbocycles. The average molecular weight is 401 g/mol. The number of benzene rings is 2. The van der Waals surface area contributed by atoms with E-state index in [9.17, 15) is 9.59 Å². The van der Waals surface area contributed by atoms with Crippen molar-refractivity contribution in [2.75, 3.05) is 19.9 Å². The number of nitrogens with one attached hydrogen (secondary N) is 1. The van der Waals surface area contributed by atoms with Crippen LogP contribution < -0.4 is 10.1 Å². The molecule has 150 valence electrons. The number of carbonyl (C=O) groups is 2. The third-order valence-corrected chi connectivity index (χ3v) is 5.49. The Kier molecular flexibility index (Phi) is 8.88. The molecule has 2 rings (SSSR count). The second kappa shape index (κ2) is 11.4. The summed E-state index contributed by atoms with van der Waals surface area (Å²) in [6.07, 6.45) is 0.941. The number of hydrogen-bond donors (Lipinski definition) is 1. The van der Waals surface area contributed by atoms with Crippen LogP contribution in [0.1, 0.15) is 25.3 Å². The SMILES string of the molecule is CC[C@H](C(=O)NC)N(Cc1ccc(OC)cc1)C(=O)CCSc1ccccc1. The van der Waals surface area contributed by atoms with Crippen LogP contribution in [0.3, 0.4) is 0 Å². The van der Waals surface area contributed by atoms with E-state index in [0.717, 1.165) is 16.2 Å². The normalized spacial score (nSPS) is 11.5. The fourth-order valence-corrected chi connectivity index (χ4v) is 3.79. The Morgan fingerprint density at radius 3 is 2.36 bits per heavy atom. The number of carbonyl (C=O) groups excluding carboxylic acids is 2. The van der Waals surface area contributed by atoms with E-state index >= 15 is 0 Å². The summed E-state index contributed by atoms with van der Waals surface area (Å²) >= 11 is 1.65. The highest BCUT2D eigenvalue weighted by molar-refractivity contribution is 7.99. The average Bonchev–Trinajstić information content (AvgIpc) is 2.74. The summed E-state index contributed by atoms with van der Waals surface area (Å²) in [6, 6.07) is 17.1. The number of likely N-dealkylation sites (N-methyl/N-ethyl adjacent to an activating group) is 1. The maximum Gasteiger partial charge on any atom is 0.242 e. The van der Waals surface area contributed by atoms with Gasteiger partial charge in [0, 0.05) is 30.7 Å². The number of rotatable bonds is 10. The molecular formula is C22H28N2O3S. The van der Waals surface area contributed by atoms with Crippen molar-refractivity contribution >= 4 is 23.6 Å². The quantitative estimate of drug-likeness (QED) is 0.618. The predicted molar refractivity (Wildman–Crippen MR) is 113 cm³/mol. The molecule has 0 saturated heterocycles. The van der Waals surface area contributed by atoms with E-state index in [1.807, 2.05) is 61.5 Å². The van der Waals surface area contributed by atoms with Crippen molar-refractivity contribution in [2.45, 2.75) is 37.2 Å². The van der Waals surface area contributed by atoms with Gasteiger partial charge in [0.1, 0.15) is 11.8 Å². The predicted octanol–water partition coefficient (Wildman–Crippen LogP) is 3.73. The molecule has 0 radical (unpaired) electrons. The van der Waals surface area contributed by atoms with Gasteiger partial charge in [-0.1, -0.05) is 37.3 Å². The largest absolute Gasteiger partial charge is 0.497 e. The molecule has 6 heteroatoms. The maximum atomic E-state index is 13.0. The number of amides is 2. The number of methoxy groups -OCH3 is 1. The number of nitrogens with zero attached hydrogens (tertiary/aromatic N) is 1. The molecule has 0 heterocycles. The Balaban J connectivity index is 2.09. The molecule has 1 N–H and O–H groups in total. The van der Waals surface area contributed by atoms with Crippen LogP contribution in [0.5, 0.6) is 5.75 Å². The highest BCUT2D eigenvalue weighted by Gasteiger charge is 2.27. The molecule has 2 aromatic rings. The fourth-order valence-electron chi connectivity index (χ4n) is 2.93. The Hall–Kier alpha value is -2.47. The van der Waals surface area contributed by atoms with Crippen LogP contribution >= 0.6 is 11.8 Å². The van der Waals surface area contributed by atoms with E-state index < -0.39 is 6.04 Å². The van der Waals surface area contributed by atoms with Crippen molar-refractivity contribution in [2.24, 2.45) is 0 Å². The summed E-state index contributed by atoms with van der Waals surface area (Å²) in [6.45, 7) is 2.32. The molecular weight excluding hydrogens is 372 g/mol. The van der Waals surface area contributed by atoms with E-state index in [1.54, 1.807) is 30.8 Å². The maximum absolute atomic E-state index is 13.0. The molecule has 0 unspecified atom stereocenters. The highest BCUT2D eigenvalue weighted by atomic mass is 32.2. The van der Waals surface area contributed by atoms with E-state index in [0.29, 0.717) is 25.1 Å². The Morgan fingerprint density at radius 2 is 1.79 bits per heavy atom. The Bertz CT molecular complexity index is 750. The molecule has 0 spiro atoms. The van der Waals surface area contributed by atoms with E-state index in [2.05, 4.69) is 5.32 Å². The van der Waals surface area contributed by atoms with Gasteiger partial charge < -0.3 is 15.0 Å². The Labute approximate surface area is 171 Å². The van der Waals surface area contributed by atoms with Gasteiger partial charge >= 0.3 is 0 Å². The lowest BCUT2D eigenvalue weighted by Gasteiger charge is -2.30. The molecule has 0 bridgehead atoms. The first-order valence-electron chi connectivity index (χ1n) is 9.40. The van der Waals surface area contributed by atoms with Gasteiger partial charge in [-0.3, -0.25) is 9.59 Å². The van der Waals surface area contributed by atoms with E-state index in [-0.39, 0.29) is 11.8 Å². The van der Waals surface area contributed by atoms with Crippen LogP contribution in [0.2, 0.25) is 0 Å². The van der Waals surface area contributed by atoms with Gasteiger partial charge in [0.25, 0.3) is 0 Å². The van der Waals surface area contributed by atoms with Crippen LogP contribution in [0.15, 0.2) is 59.5 Å². The second-order valence-corrected chi connectivity index (χ2v) is 7.49. The minimum Gasteiger partial charge on any atom is -0.497 e. The summed E-state index contributed by atoms with van der Waals surface area (Å²) < 4.78 is 5.19. The standard InChI is InChI=1S/C22H28N2O3S/c1-4-20(22(26)23-2)24(16-17-10-12-18(27-3)13-11-17)21(25)14-15-28-19-8-6-5-7-9-19/h5-13,20H,4,14-16H2,1-3H3,(H,23,26)/t20-/m1/s1. The van der Waals surface area contributed by atoms with Gasteiger partial charge in [-0.15, -0.1) is 11.8 Å². The molecule has 0 aromatic heterocycles. The summed E-state index contributed by atoms with van der Waals surface area (Å²) in [5.41, 5.74) is 0.965. The number of hydrogen-bond acceptors (Lipinski definition) is 4. The van der Waals surface area contributed by atoms with Gasteiger partial charge in [0.2, 0.25) is 11.8 Å². The molecule has 1 atom stereocenters. The molecule has 0 fully saturated rings. The van der Waals surface area contributed by atoms with Gasteiger partial charge in [0.15, 0.2) is 0 Å². The third-order valence-electron chi connectivity index (χ3n) is 4.47. The third kappa shape index (κ3) is 6.30. The lowest BCUT2D eigenvalue weighted by atomic mass is 10.1. The molecule has 2 amide bonds. The van der Waals surface area contributed by atoms with Crippen LogP contribution in [0.4, 0.5) is 0 Å². The van der Waals surface area contributed by atoms with Gasteiger partial charge in [-0.2, -0.15) is 0 Å². The minimum atomic E-state index is -0.485. The van der Waals surface area contributed by atoms with Crippen molar-refractivity contribution in [3.63, 3.8) is 0 Å². The molecule has 0 aliphatic heterocycles. The lowest BCUT2D eigenvalue weighted by molar-refractivity contribution is -0.140. The number of ether oxygens (including phenoxy) is 1. The topological polar surface area (TPSA) is 58.6 Å². The molecule has 0 aliphatic rings. The monoisotopic (exact) mass is 400 g/mol. The molecule has 28 heavy (non-hydrogen) atoms. The summed E-state index contributed by atoms with van der Waals surface area (Å²) in [5.74, 6) is 1.28. The smallest absolute Gasteiger partial charge is 0.242 e.